The van der Waals surface area contributed by atoms with Gasteiger partial charge in [-0.1, -0.05) is 0 Å². The highest BCUT2D eigenvalue weighted by Gasteiger charge is 2.04. The van der Waals surface area contributed by atoms with Crippen LogP contribution in [0.15, 0.2) is 18.2 Å². The number of halogens is 1. The van der Waals surface area contributed by atoms with E-state index in [1.54, 1.807) is 0 Å². The van der Waals surface area contributed by atoms with E-state index < -0.39 is 5.82 Å². The molecular weight excluding hydrogens is 239 g/mol. The highest BCUT2D eigenvalue weighted by molar-refractivity contribution is 5.75. The first-order valence-corrected chi connectivity index (χ1v) is 5.54. The maximum atomic E-state index is 13.4. The van der Waals surface area contributed by atoms with E-state index in [2.05, 4.69) is 0 Å². The van der Waals surface area contributed by atoms with Gasteiger partial charge in [0.15, 0.2) is 11.6 Å². The van der Waals surface area contributed by atoms with Gasteiger partial charge in [-0.25, -0.2) is 10.2 Å². The number of rotatable bonds is 7. The number of amides is 1. The molecule has 0 aromatic heterocycles. The number of ether oxygens (including phenoxy) is 1. The lowest BCUT2D eigenvalue weighted by molar-refractivity contribution is -0.121. The topological polar surface area (TPSA) is 81.4 Å². The van der Waals surface area contributed by atoms with Crippen LogP contribution in [0.4, 0.5) is 4.39 Å². The highest BCUT2D eigenvalue weighted by atomic mass is 19.1. The number of nitrogens with one attached hydrogen (secondary N) is 1. The number of hydrogen-bond donors (Lipinski definition) is 2. The van der Waals surface area contributed by atoms with Gasteiger partial charge in [0.05, 0.1) is 6.61 Å². The van der Waals surface area contributed by atoms with E-state index in [9.17, 15) is 14.0 Å². The van der Waals surface area contributed by atoms with Crippen molar-refractivity contribution >= 4 is 12.2 Å². The molecule has 0 saturated heterocycles. The Bertz CT molecular complexity index is 424. The molecule has 0 heterocycles. The zero-order chi connectivity index (χ0) is 13.4. The van der Waals surface area contributed by atoms with Crippen LogP contribution in [0.2, 0.25) is 0 Å². The number of hydrogen-bond acceptors (Lipinski definition) is 4. The van der Waals surface area contributed by atoms with Crippen LogP contribution in [-0.4, -0.2) is 18.8 Å². The van der Waals surface area contributed by atoms with Crippen LogP contribution >= 0.6 is 0 Å². The van der Waals surface area contributed by atoms with Gasteiger partial charge in [0.2, 0.25) is 5.91 Å². The first-order chi connectivity index (χ1) is 8.67. The van der Waals surface area contributed by atoms with Gasteiger partial charge in [-0.05, 0) is 31.0 Å². The van der Waals surface area contributed by atoms with Crippen molar-refractivity contribution in [3.8, 4) is 5.75 Å². The average molecular weight is 254 g/mol. The number of aldehydes is 1. The van der Waals surface area contributed by atoms with Crippen molar-refractivity contribution in [2.75, 3.05) is 6.61 Å². The Morgan fingerprint density at radius 3 is 2.83 bits per heavy atom. The fourth-order valence-corrected chi connectivity index (χ4v) is 1.35. The number of benzene rings is 1. The zero-order valence-electron chi connectivity index (χ0n) is 9.82. The summed E-state index contributed by atoms with van der Waals surface area (Å²) in [5.41, 5.74) is 2.29. The molecule has 0 fully saturated rings. The maximum Gasteiger partial charge on any atom is 0.233 e. The Morgan fingerprint density at radius 1 is 1.44 bits per heavy atom. The lowest BCUT2D eigenvalue weighted by atomic mass is 10.2. The Morgan fingerprint density at radius 2 is 2.22 bits per heavy atom. The van der Waals surface area contributed by atoms with Gasteiger partial charge in [0.25, 0.3) is 0 Å². The van der Waals surface area contributed by atoms with Crippen molar-refractivity contribution in [1.29, 1.82) is 0 Å². The van der Waals surface area contributed by atoms with E-state index in [4.69, 9.17) is 10.6 Å². The average Bonchev–Trinajstić information content (AvgIpc) is 2.39. The van der Waals surface area contributed by atoms with Crippen LogP contribution in [0, 0.1) is 5.82 Å². The molecule has 0 aliphatic heterocycles. The lowest BCUT2D eigenvalue weighted by Crippen LogP contribution is -2.29. The molecule has 1 rings (SSSR count). The van der Waals surface area contributed by atoms with Crippen LogP contribution in [0.1, 0.15) is 29.6 Å². The van der Waals surface area contributed by atoms with E-state index in [0.29, 0.717) is 32.2 Å². The molecule has 6 heteroatoms. The molecule has 0 bridgehead atoms. The molecule has 5 nitrogen and oxygen atoms in total. The second kappa shape index (κ2) is 7.39. The molecule has 0 unspecified atom stereocenters. The van der Waals surface area contributed by atoms with E-state index in [1.807, 2.05) is 5.43 Å². The third-order valence-corrected chi connectivity index (χ3v) is 2.31. The van der Waals surface area contributed by atoms with Gasteiger partial charge in [0.1, 0.15) is 6.29 Å². The molecule has 1 aromatic rings. The van der Waals surface area contributed by atoms with Crippen molar-refractivity contribution in [3.63, 3.8) is 0 Å². The van der Waals surface area contributed by atoms with Crippen LogP contribution in [-0.2, 0) is 4.79 Å². The second-order valence-corrected chi connectivity index (χ2v) is 3.68. The lowest BCUT2D eigenvalue weighted by Gasteiger charge is -2.07. The molecule has 3 N–H and O–H groups in total. The van der Waals surface area contributed by atoms with Gasteiger partial charge in [-0.15, -0.1) is 0 Å². The van der Waals surface area contributed by atoms with E-state index >= 15 is 0 Å². The summed E-state index contributed by atoms with van der Waals surface area (Å²) < 4.78 is 18.6. The second-order valence-electron chi connectivity index (χ2n) is 3.68. The maximum absolute atomic E-state index is 13.4. The highest BCUT2D eigenvalue weighted by Crippen LogP contribution is 2.17. The summed E-state index contributed by atoms with van der Waals surface area (Å²) >= 11 is 0. The summed E-state index contributed by atoms with van der Waals surface area (Å²) in [7, 11) is 0. The predicted molar refractivity (Wildman–Crippen MR) is 63.5 cm³/mol. The summed E-state index contributed by atoms with van der Waals surface area (Å²) in [4.78, 5) is 21.2. The van der Waals surface area contributed by atoms with Crippen molar-refractivity contribution in [2.45, 2.75) is 19.3 Å². The molecule has 18 heavy (non-hydrogen) atoms. The van der Waals surface area contributed by atoms with Crippen molar-refractivity contribution in [3.05, 3.63) is 29.6 Å². The monoisotopic (exact) mass is 254 g/mol. The Balaban J connectivity index is 2.31. The SMILES string of the molecule is NNC(=O)CCCCOc1ccc(C=O)cc1F. The fourth-order valence-electron chi connectivity index (χ4n) is 1.35. The Labute approximate surface area is 104 Å². The van der Waals surface area contributed by atoms with Crippen LogP contribution < -0.4 is 16.0 Å². The summed E-state index contributed by atoms with van der Waals surface area (Å²) in [6, 6.07) is 4.00. The molecule has 1 aromatic carbocycles. The third kappa shape index (κ3) is 4.50. The molecular formula is C12H15FN2O3. The molecule has 0 saturated carbocycles. The smallest absolute Gasteiger partial charge is 0.233 e. The molecule has 1 amide bonds. The van der Waals surface area contributed by atoms with Crippen molar-refractivity contribution < 1.29 is 18.7 Å². The van der Waals surface area contributed by atoms with Gasteiger partial charge < -0.3 is 4.74 Å². The third-order valence-electron chi connectivity index (χ3n) is 2.31. The Kier molecular flexibility index (Phi) is 5.79. The fraction of sp³-hybridized carbons (Fsp3) is 0.333. The molecule has 0 aliphatic carbocycles. The Hall–Kier alpha value is -1.95. The van der Waals surface area contributed by atoms with Gasteiger partial charge in [0, 0.05) is 12.0 Å². The van der Waals surface area contributed by atoms with Crippen LogP contribution in [0.25, 0.3) is 0 Å². The molecule has 0 atom stereocenters. The molecule has 0 spiro atoms. The zero-order valence-corrected chi connectivity index (χ0v) is 9.82. The van der Waals surface area contributed by atoms with E-state index in [0.717, 1.165) is 6.07 Å². The molecule has 98 valence electrons. The van der Waals surface area contributed by atoms with Gasteiger partial charge >= 0.3 is 0 Å². The number of nitrogens with two attached hydrogens (primary N) is 1. The molecule has 0 radical (unpaired) electrons. The first-order valence-electron chi connectivity index (χ1n) is 5.54. The van der Waals surface area contributed by atoms with Crippen molar-refractivity contribution in [1.82, 2.24) is 5.43 Å². The number of carbonyl (C=O) groups excluding carboxylic acids is 2. The van der Waals surface area contributed by atoms with E-state index in [-0.39, 0.29) is 17.2 Å². The first kappa shape index (κ1) is 14.1. The van der Waals surface area contributed by atoms with Crippen LogP contribution in [0.5, 0.6) is 5.75 Å². The largest absolute Gasteiger partial charge is 0.491 e. The molecule has 0 aliphatic rings. The standard InChI is InChI=1S/C12H15FN2O3/c13-10-7-9(8-16)4-5-11(10)18-6-2-1-3-12(17)15-14/h4-5,7-8H,1-3,6,14H2,(H,15,17). The minimum Gasteiger partial charge on any atom is -0.491 e. The normalized spacial score (nSPS) is 9.89. The summed E-state index contributed by atoms with van der Waals surface area (Å²) in [5.74, 6) is 4.21. The summed E-state index contributed by atoms with van der Waals surface area (Å²) in [6.45, 7) is 0.301. The van der Waals surface area contributed by atoms with Gasteiger partial charge in [-0.2, -0.15) is 0 Å². The minimum atomic E-state index is -0.570. The predicted octanol–water partition coefficient (Wildman–Crippen LogP) is 1.18. The number of hydrazine groups is 1. The summed E-state index contributed by atoms with van der Waals surface area (Å²) in [6.07, 6.45) is 2.10. The quantitative estimate of drug-likeness (QED) is 0.252. The van der Waals surface area contributed by atoms with Gasteiger partial charge in [-0.3, -0.25) is 15.0 Å². The minimum absolute atomic E-state index is 0.101. The number of unbranched alkanes of at least 4 members (excludes halogenated alkanes) is 1. The summed E-state index contributed by atoms with van der Waals surface area (Å²) in [5, 5.41) is 0. The van der Waals surface area contributed by atoms with Crippen molar-refractivity contribution in [2.24, 2.45) is 5.84 Å². The van der Waals surface area contributed by atoms with Crippen LogP contribution in [0.3, 0.4) is 0 Å². The number of carbonyl (C=O) groups is 2. The van der Waals surface area contributed by atoms with E-state index in [1.165, 1.54) is 12.1 Å².